The first-order chi connectivity index (χ1) is 5.68. The molecule has 0 radical (unpaired) electrons. The van der Waals surface area contributed by atoms with Gasteiger partial charge < -0.3 is 0 Å². The van der Waals surface area contributed by atoms with Gasteiger partial charge in [0.2, 0.25) is 0 Å². The number of thiophene rings is 1. The first-order valence-electron chi connectivity index (χ1n) is 3.52. The standard InChI is InChI=1S/C9H6F2S/c1-5-7-4-6(10)2-3-8(7)12-9(5)11/h2-4H,1H3. The Balaban J connectivity index is 2.88. The first-order valence-corrected chi connectivity index (χ1v) is 4.34. The zero-order chi connectivity index (χ0) is 8.72. The Labute approximate surface area is 72.4 Å². The molecule has 0 N–H and O–H groups in total. The molecule has 1 heterocycles. The van der Waals surface area contributed by atoms with E-state index in [1.54, 1.807) is 13.0 Å². The van der Waals surface area contributed by atoms with Crippen LogP contribution in [0.4, 0.5) is 8.78 Å². The highest BCUT2D eigenvalue weighted by atomic mass is 32.1. The smallest absolute Gasteiger partial charge is 0.180 e. The van der Waals surface area contributed by atoms with Crippen LogP contribution in [0.25, 0.3) is 10.1 Å². The molecule has 0 amide bonds. The van der Waals surface area contributed by atoms with Gasteiger partial charge in [-0.2, -0.15) is 4.39 Å². The third-order valence-corrected chi connectivity index (χ3v) is 2.90. The lowest BCUT2D eigenvalue weighted by Gasteiger charge is -1.90. The van der Waals surface area contributed by atoms with Gasteiger partial charge in [0.05, 0.1) is 0 Å². The molecule has 0 bridgehead atoms. The molecule has 62 valence electrons. The summed E-state index contributed by atoms with van der Waals surface area (Å²) in [5.41, 5.74) is 0.537. The molecule has 0 fully saturated rings. The van der Waals surface area contributed by atoms with Crippen molar-refractivity contribution in [2.45, 2.75) is 6.92 Å². The normalized spacial score (nSPS) is 10.9. The molecule has 0 unspecified atom stereocenters. The quantitative estimate of drug-likeness (QED) is 0.588. The monoisotopic (exact) mass is 184 g/mol. The van der Waals surface area contributed by atoms with E-state index < -0.39 is 0 Å². The summed E-state index contributed by atoms with van der Waals surface area (Å²) < 4.78 is 26.5. The zero-order valence-electron chi connectivity index (χ0n) is 6.40. The molecular weight excluding hydrogens is 178 g/mol. The van der Waals surface area contributed by atoms with E-state index in [4.69, 9.17) is 0 Å². The van der Waals surface area contributed by atoms with E-state index in [0.717, 1.165) is 16.0 Å². The Morgan fingerprint density at radius 3 is 2.75 bits per heavy atom. The molecule has 2 aromatic rings. The predicted octanol–water partition coefficient (Wildman–Crippen LogP) is 3.49. The maximum Gasteiger partial charge on any atom is 0.180 e. The number of hydrogen-bond acceptors (Lipinski definition) is 1. The van der Waals surface area contributed by atoms with Crippen LogP contribution in [0.15, 0.2) is 18.2 Å². The fraction of sp³-hybridized carbons (Fsp3) is 0.111. The second kappa shape index (κ2) is 2.52. The predicted molar refractivity (Wildman–Crippen MR) is 46.5 cm³/mol. The third kappa shape index (κ3) is 1.01. The largest absolute Gasteiger partial charge is 0.207 e. The van der Waals surface area contributed by atoms with Gasteiger partial charge in [-0.3, -0.25) is 0 Å². The fourth-order valence-electron chi connectivity index (χ4n) is 1.16. The van der Waals surface area contributed by atoms with Crippen molar-refractivity contribution in [1.82, 2.24) is 0 Å². The third-order valence-electron chi connectivity index (χ3n) is 1.84. The Bertz CT molecular complexity index is 431. The summed E-state index contributed by atoms with van der Waals surface area (Å²) in [6, 6.07) is 4.31. The zero-order valence-corrected chi connectivity index (χ0v) is 7.21. The fourth-order valence-corrected chi connectivity index (χ4v) is 2.08. The molecule has 12 heavy (non-hydrogen) atoms. The molecule has 1 aromatic heterocycles. The van der Waals surface area contributed by atoms with Crippen LogP contribution in [-0.4, -0.2) is 0 Å². The lowest BCUT2D eigenvalue weighted by Crippen LogP contribution is -1.74. The molecular formula is C9H6F2S. The number of fused-ring (bicyclic) bond motifs is 1. The summed E-state index contributed by atoms with van der Waals surface area (Å²) in [7, 11) is 0. The van der Waals surface area contributed by atoms with E-state index in [9.17, 15) is 8.78 Å². The highest BCUT2D eigenvalue weighted by Gasteiger charge is 2.07. The summed E-state index contributed by atoms with van der Waals surface area (Å²) in [6.07, 6.45) is 0. The van der Waals surface area contributed by atoms with Crippen molar-refractivity contribution in [3.05, 3.63) is 34.7 Å². The van der Waals surface area contributed by atoms with E-state index in [-0.39, 0.29) is 10.9 Å². The number of aryl methyl sites for hydroxylation is 1. The summed E-state index contributed by atoms with van der Waals surface area (Å²) in [5, 5.41) is 0.452. The Hall–Kier alpha value is -0.960. The minimum absolute atomic E-state index is 0.226. The van der Waals surface area contributed by atoms with Crippen molar-refractivity contribution in [2.24, 2.45) is 0 Å². The van der Waals surface area contributed by atoms with Gasteiger partial charge in [0.1, 0.15) is 5.82 Å². The molecule has 0 saturated carbocycles. The van der Waals surface area contributed by atoms with Crippen LogP contribution in [0.3, 0.4) is 0 Å². The van der Waals surface area contributed by atoms with E-state index >= 15 is 0 Å². The number of halogens is 2. The van der Waals surface area contributed by atoms with Gasteiger partial charge >= 0.3 is 0 Å². The molecule has 0 saturated heterocycles. The summed E-state index contributed by atoms with van der Waals surface area (Å²) in [6.45, 7) is 1.66. The van der Waals surface area contributed by atoms with Crippen molar-refractivity contribution < 1.29 is 8.78 Å². The van der Waals surface area contributed by atoms with Crippen LogP contribution >= 0.6 is 11.3 Å². The minimum atomic E-state index is -0.316. The molecule has 0 aliphatic heterocycles. The molecule has 1 aromatic carbocycles. The van der Waals surface area contributed by atoms with Crippen LogP contribution in [0.2, 0.25) is 0 Å². The summed E-state index contributed by atoms with van der Waals surface area (Å²) in [5.74, 6) is -0.316. The molecule has 0 aliphatic carbocycles. The molecule has 3 heteroatoms. The van der Waals surface area contributed by atoms with Crippen molar-refractivity contribution in [1.29, 1.82) is 0 Å². The summed E-state index contributed by atoms with van der Waals surface area (Å²) in [4.78, 5) is 0. The van der Waals surface area contributed by atoms with Gasteiger partial charge in [0, 0.05) is 15.6 Å². The van der Waals surface area contributed by atoms with Crippen molar-refractivity contribution in [3.8, 4) is 0 Å². The van der Waals surface area contributed by atoms with Crippen LogP contribution < -0.4 is 0 Å². The van der Waals surface area contributed by atoms with E-state index in [1.807, 2.05) is 0 Å². The van der Waals surface area contributed by atoms with Crippen LogP contribution in [0.1, 0.15) is 5.56 Å². The van der Waals surface area contributed by atoms with Crippen LogP contribution in [-0.2, 0) is 0 Å². The Morgan fingerprint density at radius 1 is 1.25 bits per heavy atom. The van der Waals surface area contributed by atoms with Gasteiger partial charge in [-0.25, -0.2) is 4.39 Å². The van der Waals surface area contributed by atoms with Crippen LogP contribution in [0.5, 0.6) is 0 Å². The number of rotatable bonds is 0. The lowest BCUT2D eigenvalue weighted by molar-refractivity contribution is 0.629. The minimum Gasteiger partial charge on any atom is -0.207 e. The van der Waals surface area contributed by atoms with Gasteiger partial charge in [-0.15, -0.1) is 11.3 Å². The maximum atomic E-state index is 13.0. The topological polar surface area (TPSA) is 0 Å². The molecule has 0 atom stereocenters. The SMILES string of the molecule is Cc1c(F)sc2ccc(F)cc12. The van der Waals surface area contributed by atoms with Gasteiger partial charge in [0.15, 0.2) is 5.13 Å². The first kappa shape index (κ1) is 7.68. The molecule has 0 aliphatic rings. The highest BCUT2D eigenvalue weighted by Crippen LogP contribution is 2.29. The average Bonchev–Trinajstić information content (AvgIpc) is 2.31. The lowest BCUT2D eigenvalue weighted by atomic mass is 10.2. The van der Waals surface area contributed by atoms with E-state index in [2.05, 4.69) is 0 Å². The second-order valence-corrected chi connectivity index (χ2v) is 3.64. The van der Waals surface area contributed by atoms with Gasteiger partial charge in [-0.05, 0) is 25.1 Å². The van der Waals surface area contributed by atoms with Crippen molar-refractivity contribution in [3.63, 3.8) is 0 Å². The Kier molecular flexibility index (Phi) is 1.61. The maximum absolute atomic E-state index is 13.0. The molecule has 0 spiro atoms. The van der Waals surface area contributed by atoms with Crippen molar-refractivity contribution in [2.75, 3.05) is 0 Å². The number of hydrogen-bond donors (Lipinski definition) is 0. The Morgan fingerprint density at radius 2 is 2.00 bits per heavy atom. The van der Waals surface area contributed by atoms with Gasteiger partial charge in [-0.1, -0.05) is 0 Å². The van der Waals surface area contributed by atoms with Gasteiger partial charge in [0.25, 0.3) is 0 Å². The second-order valence-electron chi connectivity index (χ2n) is 2.64. The van der Waals surface area contributed by atoms with Crippen LogP contribution in [0, 0.1) is 17.9 Å². The molecule has 2 rings (SSSR count). The van der Waals surface area contributed by atoms with E-state index in [0.29, 0.717) is 10.9 Å². The molecule has 0 nitrogen and oxygen atoms in total. The highest BCUT2D eigenvalue weighted by molar-refractivity contribution is 7.17. The summed E-state index contributed by atoms with van der Waals surface area (Å²) >= 11 is 1.05. The van der Waals surface area contributed by atoms with E-state index in [1.165, 1.54) is 12.1 Å². The van der Waals surface area contributed by atoms with Crippen molar-refractivity contribution >= 4 is 21.4 Å². The average molecular weight is 184 g/mol. The number of benzene rings is 1.